The maximum absolute atomic E-state index is 11.2. The lowest BCUT2D eigenvalue weighted by Gasteiger charge is -2.27. The molecule has 8 heteroatoms. The van der Waals surface area contributed by atoms with Gasteiger partial charge in [0, 0.05) is 47.4 Å². The third-order valence-corrected chi connectivity index (χ3v) is 5.23. The second-order valence-corrected chi connectivity index (χ2v) is 7.08. The number of aliphatic carboxylic acids is 1. The Morgan fingerprint density at radius 3 is 2.76 bits per heavy atom. The molecule has 0 spiro atoms. The number of anilines is 1. The summed E-state index contributed by atoms with van der Waals surface area (Å²) in [5, 5.41) is 13.2. The maximum atomic E-state index is 11.2. The summed E-state index contributed by atoms with van der Waals surface area (Å²) in [6.07, 6.45) is 4.45. The average molecular weight is 390 g/mol. The van der Waals surface area contributed by atoms with Gasteiger partial charge >= 0.3 is 5.97 Å². The Labute approximate surface area is 167 Å². The lowest BCUT2D eigenvalue weighted by molar-refractivity contribution is -0.140. The van der Waals surface area contributed by atoms with Gasteiger partial charge in [0.2, 0.25) is 0 Å². The highest BCUT2D eigenvalue weighted by Crippen LogP contribution is 2.30. The SMILES string of the molecule is NC=C(c1nc(N)cc(C2CCC(C(=O)O)NC2)n1)c1cccc2cccnc12. The van der Waals surface area contributed by atoms with Crippen molar-refractivity contribution in [3.05, 3.63) is 65.9 Å². The Kier molecular flexibility index (Phi) is 5.09. The largest absolute Gasteiger partial charge is 0.480 e. The Bertz CT molecular complexity index is 1080. The van der Waals surface area contributed by atoms with E-state index in [4.69, 9.17) is 21.6 Å². The van der Waals surface area contributed by atoms with Gasteiger partial charge in [0.25, 0.3) is 0 Å². The number of hydrogen-bond acceptors (Lipinski definition) is 7. The van der Waals surface area contributed by atoms with Crippen molar-refractivity contribution < 1.29 is 9.90 Å². The van der Waals surface area contributed by atoms with E-state index in [1.165, 1.54) is 6.20 Å². The van der Waals surface area contributed by atoms with Gasteiger partial charge in [0.15, 0.2) is 5.82 Å². The molecule has 6 N–H and O–H groups in total. The lowest BCUT2D eigenvalue weighted by Crippen LogP contribution is -2.43. The van der Waals surface area contributed by atoms with Gasteiger partial charge in [-0.15, -0.1) is 0 Å². The Morgan fingerprint density at radius 1 is 1.21 bits per heavy atom. The zero-order valence-corrected chi connectivity index (χ0v) is 15.7. The first-order valence-corrected chi connectivity index (χ1v) is 9.44. The van der Waals surface area contributed by atoms with Gasteiger partial charge in [0.05, 0.1) is 11.2 Å². The third-order valence-electron chi connectivity index (χ3n) is 5.23. The number of carboxylic acid groups (broad SMARTS) is 1. The van der Waals surface area contributed by atoms with Crippen LogP contribution in [-0.2, 0) is 4.79 Å². The molecule has 2 unspecified atom stereocenters. The normalized spacial score (nSPS) is 19.9. The molecule has 1 aliphatic rings. The molecular formula is C21H22N6O2. The van der Waals surface area contributed by atoms with E-state index >= 15 is 0 Å². The molecule has 1 saturated heterocycles. The number of nitrogens with two attached hydrogens (primary N) is 2. The summed E-state index contributed by atoms with van der Waals surface area (Å²) < 4.78 is 0. The molecule has 29 heavy (non-hydrogen) atoms. The smallest absolute Gasteiger partial charge is 0.320 e. The monoisotopic (exact) mass is 390 g/mol. The molecule has 2 atom stereocenters. The van der Waals surface area contributed by atoms with Crippen molar-refractivity contribution in [3.8, 4) is 0 Å². The number of nitrogen functional groups attached to an aromatic ring is 1. The maximum Gasteiger partial charge on any atom is 0.320 e. The molecule has 2 aromatic heterocycles. The van der Waals surface area contributed by atoms with Crippen molar-refractivity contribution in [3.63, 3.8) is 0 Å². The zero-order valence-electron chi connectivity index (χ0n) is 15.7. The topological polar surface area (TPSA) is 140 Å². The van der Waals surface area contributed by atoms with Crippen LogP contribution in [0.3, 0.4) is 0 Å². The molecule has 0 bridgehead atoms. The fourth-order valence-corrected chi connectivity index (χ4v) is 3.74. The zero-order chi connectivity index (χ0) is 20.4. The number of piperidine rings is 1. The van der Waals surface area contributed by atoms with Gasteiger partial charge in [-0.05, 0) is 18.9 Å². The van der Waals surface area contributed by atoms with Crippen molar-refractivity contribution in [2.24, 2.45) is 5.73 Å². The highest BCUT2D eigenvalue weighted by molar-refractivity contribution is 5.94. The van der Waals surface area contributed by atoms with Gasteiger partial charge in [-0.3, -0.25) is 9.78 Å². The number of fused-ring (bicyclic) bond motifs is 1. The van der Waals surface area contributed by atoms with Crippen molar-refractivity contribution in [2.75, 3.05) is 12.3 Å². The molecule has 8 nitrogen and oxygen atoms in total. The van der Waals surface area contributed by atoms with Crippen LogP contribution in [0.5, 0.6) is 0 Å². The van der Waals surface area contributed by atoms with Crippen molar-refractivity contribution in [2.45, 2.75) is 24.8 Å². The van der Waals surface area contributed by atoms with Gasteiger partial charge in [-0.25, -0.2) is 9.97 Å². The molecule has 3 aromatic rings. The second-order valence-electron chi connectivity index (χ2n) is 7.08. The van der Waals surface area contributed by atoms with E-state index < -0.39 is 12.0 Å². The highest BCUT2D eigenvalue weighted by atomic mass is 16.4. The summed E-state index contributed by atoms with van der Waals surface area (Å²) in [5.74, 6) is 0.00128. The molecule has 148 valence electrons. The number of nitrogens with one attached hydrogen (secondary N) is 1. The first kappa shape index (κ1) is 18.8. The average Bonchev–Trinajstić information content (AvgIpc) is 2.74. The predicted molar refractivity (Wildman–Crippen MR) is 111 cm³/mol. The third kappa shape index (κ3) is 3.74. The van der Waals surface area contributed by atoms with Crippen LogP contribution in [0.15, 0.2) is 48.8 Å². The summed E-state index contributed by atoms with van der Waals surface area (Å²) >= 11 is 0. The fourth-order valence-electron chi connectivity index (χ4n) is 3.74. The van der Waals surface area contributed by atoms with Crippen LogP contribution in [0.1, 0.15) is 35.8 Å². The molecule has 1 aliphatic heterocycles. The van der Waals surface area contributed by atoms with Crippen molar-refractivity contribution in [1.29, 1.82) is 0 Å². The number of benzene rings is 1. The Balaban J connectivity index is 1.70. The van der Waals surface area contributed by atoms with E-state index in [1.807, 2.05) is 30.3 Å². The number of aromatic nitrogens is 3. The first-order chi connectivity index (χ1) is 14.1. The molecule has 0 saturated carbocycles. The predicted octanol–water partition coefficient (Wildman–Crippen LogP) is 1.88. The number of nitrogens with zero attached hydrogens (tertiary/aromatic N) is 3. The van der Waals surface area contributed by atoms with Crippen molar-refractivity contribution in [1.82, 2.24) is 20.3 Å². The number of rotatable bonds is 4. The van der Waals surface area contributed by atoms with Crippen molar-refractivity contribution >= 4 is 28.3 Å². The minimum atomic E-state index is -0.830. The lowest BCUT2D eigenvalue weighted by atomic mass is 9.91. The molecule has 4 rings (SSSR count). The minimum absolute atomic E-state index is 0.0549. The van der Waals surface area contributed by atoms with Gasteiger partial charge in [-0.1, -0.05) is 24.3 Å². The fraction of sp³-hybridized carbons (Fsp3) is 0.238. The van der Waals surface area contributed by atoms with E-state index in [2.05, 4.69) is 15.3 Å². The van der Waals surface area contributed by atoms with Crippen LogP contribution >= 0.6 is 0 Å². The molecule has 1 fully saturated rings. The number of hydrogen-bond donors (Lipinski definition) is 4. The number of carboxylic acids is 1. The minimum Gasteiger partial charge on any atom is -0.480 e. The summed E-state index contributed by atoms with van der Waals surface area (Å²) in [7, 11) is 0. The summed E-state index contributed by atoms with van der Waals surface area (Å²) in [4.78, 5) is 24.8. The number of para-hydroxylation sites is 1. The number of carbonyl (C=O) groups is 1. The van der Waals surface area contributed by atoms with Crippen LogP contribution in [0.4, 0.5) is 5.82 Å². The van der Waals surface area contributed by atoms with E-state index in [-0.39, 0.29) is 5.92 Å². The highest BCUT2D eigenvalue weighted by Gasteiger charge is 2.27. The molecular weight excluding hydrogens is 368 g/mol. The van der Waals surface area contributed by atoms with E-state index in [9.17, 15) is 4.79 Å². The first-order valence-electron chi connectivity index (χ1n) is 9.44. The van der Waals surface area contributed by atoms with Crippen LogP contribution in [0, 0.1) is 0 Å². The van der Waals surface area contributed by atoms with E-state index in [0.717, 1.165) is 22.2 Å². The summed E-state index contributed by atoms with van der Waals surface area (Å²) in [6, 6.07) is 10.9. The quantitative estimate of drug-likeness (QED) is 0.529. The molecule has 3 heterocycles. The van der Waals surface area contributed by atoms with Gasteiger partial charge in [-0.2, -0.15) is 0 Å². The summed E-state index contributed by atoms with van der Waals surface area (Å²) in [6.45, 7) is 0.518. The Hall–Kier alpha value is -3.52. The van der Waals surface area contributed by atoms with E-state index in [0.29, 0.717) is 36.6 Å². The van der Waals surface area contributed by atoms with Gasteiger partial charge in [0.1, 0.15) is 11.9 Å². The van der Waals surface area contributed by atoms with Gasteiger partial charge < -0.3 is 21.9 Å². The second kappa shape index (κ2) is 7.84. The molecule has 0 aliphatic carbocycles. The Morgan fingerprint density at radius 2 is 2.03 bits per heavy atom. The molecule has 0 radical (unpaired) electrons. The summed E-state index contributed by atoms with van der Waals surface area (Å²) in [5.41, 5.74) is 15.1. The van der Waals surface area contributed by atoms with Crippen LogP contribution < -0.4 is 16.8 Å². The van der Waals surface area contributed by atoms with E-state index in [1.54, 1.807) is 12.3 Å². The number of pyridine rings is 1. The standard InChI is InChI=1S/C21H22N6O2/c22-10-15(14-5-1-3-12-4-2-8-24-19(12)14)20-26-17(9-18(23)27-20)13-6-7-16(21(28)29)25-11-13/h1-5,8-10,13,16,25H,6-7,11,22H2,(H,28,29)(H2,23,26,27). The van der Waals surface area contributed by atoms with Crippen LogP contribution in [0.2, 0.25) is 0 Å². The molecule has 1 aromatic carbocycles. The molecule has 0 amide bonds. The van der Waals surface area contributed by atoms with Crippen LogP contribution in [-0.4, -0.2) is 38.6 Å². The van der Waals surface area contributed by atoms with Crippen LogP contribution in [0.25, 0.3) is 16.5 Å².